The second kappa shape index (κ2) is 7.63. The maximum Gasteiger partial charge on any atom is 0.241 e. The summed E-state index contributed by atoms with van der Waals surface area (Å²) in [5.41, 5.74) is 3.26. The fourth-order valence-corrected chi connectivity index (χ4v) is 3.30. The van der Waals surface area contributed by atoms with Crippen molar-refractivity contribution in [3.05, 3.63) is 23.8 Å². The van der Waals surface area contributed by atoms with Crippen LogP contribution in [0.5, 0.6) is 0 Å². The zero-order valence-corrected chi connectivity index (χ0v) is 14.4. The third-order valence-corrected chi connectivity index (χ3v) is 4.37. The highest BCUT2D eigenvalue weighted by atomic mass is 16.2. The lowest BCUT2D eigenvalue weighted by atomic mass is 10.0. The van der Waals surface area contributed by atoms with Gasteiger partial charge in [0.25, 0.3) is 0 Å². The minimum absolute atomic E-state index is 0.0301. The maximum atomic E-state index is 12.6. The minimum Gasteiger partial charge on any atom is -0.377 e. The number of anilines is 2. The van der Waals surface area contributed by atoms with Gasteiger partial charge in [0.15, 0.2) is 0 Å². The fourth-order valence-electron chi connectivity index (χ4n) is 3.30. The van der Waals surface area contributed by atoms with E-state index in [1.807, 2.05) is 20.2 Å². The van der Waals surface area contributed by atoms with Gasteiger partial charge in [0.1, 0.15) is 0 Å². The second-order valence-electron chi connectivity index (χ2n) is 6.43. The molecule has 1 N–H and O–H groups in total. The first-order chi connectivity index (χ1) is 10.5. The van der Waals surface area contributed by atoms with Crippen LogP contribution in [0.2, 0.25) is 0 Å². The van der Waals surface area contributed by atoms with Crippen LogP contribution in [0.15, 0.2) is 18.2 Å². The Morgan fingerprint density at radius 1 is 1.36 bits per heavy atom. The number of benzene rings is 1. The van der Waals surface area contributed by atoms with E-state index in [1.54, 1.807) is 0 Å². The summed E-state index contributed by atoms with van der Waals surface area (Å²) in [4.78, 5) is 17.0. The summed E-state index contributed by atoms with van der Waals surface area (Å²) in [5.74, 6) is 0.144. The Bertz CT molecular complexity index is 511. The largest absolute Gasteiger partial charge is 0.377 e. The van der Waals surface area contributed by atoms with Gasteiger partial charge in [0, 0.05) is 25.5 Å². The van der Waals surface area contributed by atoms with Crippen LogP contribution >= 0.6 is 0 Å². The van der Waals surface area contributed by atoms with Gasteiger partial charge in [0.05, 0.1) is 6.04 Å². The number of hydrogen-bond acceptors (Lipinski definition) is 3. The number of aryl methyl sites for hydroxylation is 1. The Balaban J connectivity index is 2.05. The molecular formula is C18H29N3O. The van der Waals surface area contributed by atoms with Gasteiger partial charge in [-0.15, -0.1) is 0 Å². The summed E-state index contributed by atoms with van der Waals surface area (Å²) >= 11 is 0. The summed E-state index contributed by atoms with van der Waals surface area (Å²) in [6.07, 6.45) is 4.43. The van der Waals surface area contributed by atoms with Crippen LogP contribution in [0, 0.1) is 6.92 Å². The van der Waals surface area contributed by atoms with Crippen LogP contribution < -0.4 is 10.2 Å². The highest BCUT2D eigenvalue weighted by Gasteiger charge is 2.27. The van der Waals surface area contributed by atoms with Crippen molar-refractivity contribution in [2.75, 3.05) is 37.4 Å². The summed E-state index contributed by atoms with van der Waals surface area (Å²) < 4.78 is 0. The number of nitrogens with zero attached hydrogens (tertiary/aromatic N) is 2. The van der Waals surface area contributed by atoms with E-state index in [0.717, 1.165) is 38.0 Å². The van der Waals surface area contributed by atoms with Crippen molar-refractivity contribution in [3.8, 4) is 0 Å². The Morgan fingerprint density at radius 3 is 2.77 bits per heavy atom. The molecule has 1 aliphatic heterocycles. The molecule has 1 aromatic carbocycles. The number of rotatable bonds is 5. The van der Waals surface area contributed by atoms with Crippen molar-refractivity contribution in [3.63, 3.8) is 0 Å². The van der Waals surface area contributed by atoms with Gasteiger partial charge in [-0.1, -0.05) is 13.3 Å². The van der Waals surface area contributed by atoms with Gasteiger partial charge in [-0.25, -0.2) is 0 Å². The Labute approximate surface area is 134 Å². The first kappa shape index (κ1) is 16.8. The van der Waals surface area contributed by atoms with E-state index in [1.165, 1.54) is 17.7 Å². The van der Waals surface area contributed by atoms with E-state index in [0.29, 0.717) is 0 Å². The van der Waals surface area contributed by atoms with Gasteiger partial charge in [-0.3, -0.25) is 9.69 Å². The molecule has 1 unspecified atom stereocenters. The molecule has 0 aliphatic carbocycles. The summed E-state index contributed by atoms with van der Waals surface area (Å²) in [7, 11) is 4.07. The lowest BCUT2D eigenvalue weighted by Gasteiger charge is -2.34. The van der Waals surface area contributed by atoms with E-state index in [2.05, 4.69) is 41.1 Å². The number of nitrogens with one attached hydrogen (secondary N) is 1. The third kappa shape index (κ3) is 4.01. The predicted molar refractivity (Wildman–Crippen MR) is 93.6 cm³/mol. The fraction of sp³-hybridized carbons (Fsp3) is 0.611. The second-order valence-corrected chi connectivity index (χ2v) is 6.43. The van der Waals surface area contributed by atoms with Gasteiger partial charge >= 0.3 is 0 Å². The minimum atomic E-state index is 0.0301. The lowest BCUT2D eigenvalue weighted by Crippen LogP contribution is -2.47. The quantitative estimate of drug-likeness (QED) is 0.907. The zero-order chi connectivity index (χ0) is 16.1. The van der Waals surface area contributed by atoms with E-state index in [4.69, 9.17) is 0 Å². The van der Waals surface area contributed by atoms with E-state index < -0.39 is 0 Å². The van der Waals surface area contributed by atoms with Crippen LogP contribution in [0.1, 0.15) is 38.2 Å². The number of carbonyl (C=O) groups excluding carboxylic acids is 1. The molecule has 0 saturated carbocycles. The normalized spacial score (nSPS) is 19.0. The number of amides is 1. The smallest absolute Gasteiger partial charge is 0.241 e. The molecule has 1 heterocycles. The first-order valence-corrected chi connectivity index (χ1v) is 8.35. The number of hydrogen-bond donors (Lipinski definition) is 1. The highest BCUT2D eigenvalue weighted by Crippen LogP contribution is 2.23. The molecule has 1 aromatic rings. The molecule has 0 bridgehead atoms. The summed E-state index contributed by atoms with van der Waals surface area (Å²) in [6.45, 7) is 6.31. The van der Waals surface area contributed by atoms with Crippen LogP contribution in [0.3, 0.4) is 0 Å². The standard InChI is InChI=1S/C18H29N3O/c1-5-11-21-12-7-6-8-17(21)18(22)19-15-9-10-16(20(3)4)14(2)13-15/h9-10,13,17H,5-8,11-12H2,1-4H3,(H,19,22). The van der Waals surface area contributed by atoms with Gasteiger partial charge < -0.3 is 10.2 Å². The average molecular weight is 303 g/mol. The Kier molecular flexibility index (Phi) is 5.83. The molecule has 1 saturated heterocycles. The number of likely N-dealkylation sites (tertiary alicyclic amines) is 1. The molecule has 0 radical (unpaired) electrons. The van der Waals surface area contributed by atoms with Crippen molar-refractivity contribution in [1.29, 1.82) is 0 Å². The Hall–Kier alpha value is -1.55. The molecule has 4 nitrogen and oxygen atoms in total. The topological polar surface area (TPSA) is 35.6 Å². The van der Waals surface area contributed by atoms with E-state index in [-0.39, 0.29) is 11.9 Å². The highest BCUT2D eigenvalue weighted by molar-refractivity contribution is 5.95. The molecule has 22 heavy (non-hydrogen) atoms. The molecule has 0 spiro atoms. The van der Waals surface area contributed by atoms with Crippen molar-refractivity contribution in [2.24, 2.45) is 0 Å². The predicted octanol–water partition coefficient (Wildman–Crippen LogP) is 3.26. The zero-order valence-electron chi connectivity index (χ0n) is 14.4. The van der Waals surface area contributed by atoms with Crippen LogP contribution in [-0.4, -0.2) is 44.0 Å². The third-order valence-electron chi connectivity index (χ3n) is 4.37. The van der Waals surface area contributed by atoms with Crippen molar-refractivity contribution in [1.82, 2.24) is 4.90 Å². The Morgan fingerprint density at radius 2 is 2.14 bits per heavy atom. The SMILES string of the molecule is CCCN1CCCCC1C(=O)Nc1ccc(N(C)C)c(C)c1. The molecule has 1 aliphatic rings. The van der Waals surface area contributed by atoms with Crippen molar-refractivity contribution >= 4 is 17.3 Å². The monoisotopic (exact) mass is 303 g/mol. The van der Waals surface area contributed by atoms with E-state index in [9.17, 15) is 4.79 Å². The van der Waals surface area contributed by atoms with Crippen LogP contribution in [-0.2, 0) is 4.79 Å². The summed E-state index contributed by atoms with van der Waals surface area (Å²) in [6, 6.07) is 6.14. The first-order valence-electron chi connectivity index (χ1n) is 8.35. The summed E-state index contributed by atoms with van der Waals surface area (Å²) in [5, 5.41) is 3.11. The molecular weight excluding hydrogens is 274 g/mol. The number of carbonyl (C=O) groups is 1. The molecule has 4 heteroatoms. The van der Waals surface area contributed by atoms with Crippen molar-refractivity contribution in [2.45, 2.75) is 45.6 Å². The number of piperidine rings is 1. The van der Waals surface area contributed by atoms with Gasteiger partial charge in [-0.2, -0.15) is 0 Å². The molecule has 2 rings (SSSR count). The van der Waals surface area contributed by atoms with E-state index >= 15 is 0 Å². The van der Waals surface area contributed by atoms with Crippen LogP contribution in [0.25, 0.3) is 0 Å². The van der Waals surface area contributed by atoms with Gasteiger partial charge in [-0.05, 0) is 63.0 Å². The molecule has 0 aromatic heterocycles. The maximum absolute atomic E-state index is 12.6. The molecule has 122 valence electrons. The van der Waals surface area contributed by atoms with Gasteiger partial charge in [0.2, 0.25) is 5.91 Å². The van der Waals surface area contributed by atoms with Crippen LogP contribution in [0.4, 0.5) is 11.4 Å². The molecule has 1 fully saturated rings. The molecule has 1 atom stereocenters. The van der Waals surface area contributed by atoms with Crippen molar-refractivity contribution < 1.29 is 4.79 Å². The lowest BCUT2D eigenvalue weighted by molar-refractivity contribution is -0.122. The average Bonchev–Trinajstić information content (AvgIpc) is 2.47. The molecule has 1 amide bonds.